The summed E-state index contributed by atoms with van der Waals surface area (Å²) < 4.78 is 5.64. The third-order valence-electron chi connectivity index (χ3n) is 2.45. The Kier molecular flexibility index (Phi) is 2.59. The number of pyridine rings is 1. The molecule has 78 valence electrons. The summed E-state index contributed by atoms with van der Waals surface area (Å²) >= 11 is 0. The van der Waals surface area contributed by atoms with Crippen molar-refractivity contribution >= 4 is 0 Å². The fourth-order valence-electron chi connectivity index (χ4n) is 1.44. The Balaban J connectivity index is 2.27. The van der Waals surface area contributed by atoms with E-state index in [9.17, 15) is 0 Å². The Morgan fingerprint density at radius 3 is 2.80 bits per heavy atom. The average molecular weight is 202 g/mol. The Bertz CT molecular complexity index is 403. The van der Waals surface area contributed by atoms with E-state index >= 15 is 0 Å². The molecule has 0 aliphatic heterocycles. The molecule has 1 heterocycles. The van der Waals surface area contributed by atoms with Gasteiger partial charge in [-0.25, -0.2) is 4.98 Å². The molecule has 0 aromatic carbocycles. The minimum Gasteiger partial charge on any atom is -0.489 e. The molecule has 0 atom stereocenters. The molecule has 3 heteroatoms. The Morgan fingerprint density at radius 1 is 1.53 bits per heavy atom. The van der Waals surface area contributed by atoms with Crippen LogP contribution in [0.3, 0.4) is 0 Å². The van der Waals surface area contributed by atoms with Crippen molar-refractivity contribution in [3.8, 4) is 11.8 Å². The molecule has 1 aliphatic carbocycles. The molecule has 0 unspecified atom stereocenters. The molecule has 0 N–H and O–H groups in total. The van der Waals surface area contributed by atoms with Gasteiger partial charge in [0.1, 0.15) is 17.5 Å². The lowest BCUT2D eigenvalue weighted by Gasteiger charge is -2.10. The molecule has 0 saturated heterocycles. The van der Waals surface area contributed by atoms with Crippen LogP contribution in [0.4, 0.5) is 0 Å². The first-order valence-corrected chi connectivity index (χ1v) is 5.27. The van der Waals surface area contributed by atoms with E-state index in [4.69, 9.17) is 10.00 Å². The molecule has 0 bridgehead atoms. The smallest absolute Gasteiger partial charge is 0.144 e. The number of rotatable bonds is 3. The van der Waals surface area contributed by atoms with Crippen molar-refractivity contribution < 1.29 is 4.74 Å². The van der Waals surface area contributed by atoms with Crippen LogP contribution < -0.4 is 4.74 Å². The van der Waals surface area contributed by atoms with Crippen molar-refractivity contribution in [2.45, 2.75) is 38.7 Å². The van der Waals surface area contributed by atoms with Crippen LogP contribution in [0.15, 0.2) is 12.3 Å². The number of hydrogen-bond acceptors (Lipinski definition) is 3. The molecule has 1 aromatic heterocycles. The largest absolute Gasteiger partial charge is 0.489 e. The van der Waals surface area contributed by atoms with Gasteiger partial charge in [-0.1, -0.05) is 13.8 Å². The third kappa shape index (κ3) is 2.27. The van der Waals surface area contributed by atoms with Gasteiger partial charge >= 0.3 is 0 Å². The van der Waals surface area contributed by atoms with E-state index in [1.54, 1.807) is 6.20 Å². The summed E-state index contributed by atoms with van der Waals surface area (Å²) in [4.78, 5) is 4.11. The highest BCUT2D eigenvalue weighted by atomic mass is 16.5. The average Bonchev–Trinajstić information content (AvgIpc) is 3.01. The van der Waals surface area contributed by atoms with Crippen LogP contribution in [0, 0.1) is 11.3 Å². The van der Waals surface area contributed by atoms with Crippen LogP contribution in [0.2, 0.25) is 0 Å². The maximum Gasteiger partial charge on any atom is 0.144 e. The minimum absolute atomic E-state index is 0.301. The maximum atomic E-state index is 8.90. The summed E-state index contributed by atoms with van der Waals surface area (Å²) in [5.74, 6) is 1.09. The van der Waals surface area contributed by atoms with Gasteiger partial charge in [0.2, 0.25) is 0 Å². The van der Waals surface area contributed by atoms with Gasteiger partial charge in [-0.2, -0.15) is 5.26 Å². The van der Waals surface area contributed by atoms with Gasteiger partial charge in [-0.15, -0.1) is 0 Å². The van der Waals surface area contributed by atoms with Gasteiger partial charge in [0.15, 0.2) is 0 Å². The van der Waals surface area contributed by atoms with Crippen molar-refractivity contribution in [1.82, 2.24) is 4.98 Å². The fraction of sp³-hybridized carbons (Fsp3) is 0.500. The van der Waals surface area contributed by atoms with E-state index in [1.807, 2.05) is 6.07 Å². The topological polar surface area (TPSA) is 45.9 Å². The SMILES string of the molecule is CC(C)c1cc(OC2CC2)cnc1C#N. The summed E-state index contributed by atoms with van der Waals surface area (Å²) in [5, 5.41) is 8.90. The lowest BCUT2D eigenvalue weighted by atomic mass is 10.0. The summed E-state index contributed by atoms with van der Waals surface area (Å²) in [6, 6.07) is 4.05. The predicted molar refractivity (Wildman–Crippen MR) is 56.7 cm³/mol. The van der Waals surface area contributed by atoms with Crippen molar-refractivity contribution in [1.29, 1.82) is 5.26 Å². The van der Waals surface area contributed by atoms with Crippen molar-refractivity contribution in [3.63, 3.8) is 0 Å². The summed E-state index contributed by atoms with van der Waals surface area (Å²) in [7, 11) is 0. The second kappa shape index (κ2) is 3.90. The van der Waals surface area contributed by atoms with Gasteiger partial charge < -0.3 is 4.74 Å². The summed E-state index contributed by atoms with van der Waals surface area (Å²) in [6.45, 7) is 4.11. The molecular weight excluding hydrogens is 188 g/mol. The lowest BCUT2D eigenvalue weighted by Crippen LogP contribution is -2.01. The Labute approximate surface area is 89.7 Å². The van der Waals surface area contributed by atoms with Crippen molar-refractivity contribution in [2.75, 3.05) is 0 Å². The first kappa shape index (κ1) is 9.97. The van der Waals surface area contributed by atoms with Gasteiger partial charge in [0.25, 0.3) is 0 Å². The fourth-order valence-corrected chi connectivity index (χ4v) is 1.44. The molecule has 1 aromatic rings. The second-order valence-corrected chi connectivity index (χ2v) is 4.19. The lowest BCUT2D eigenvalue weighted by molar-refractivity contribution is 0.301. The molecule has 0 spiro atoms. The molecule has 15 heavy (non-hydrogen) atoms. The monoisotopic (exact) mass is 202 g/mol. The molecule has 1 saturated carbocycles. The first-order valence-electron chi connectivity index (χ1n) is 5.27. The van der Waals surface area contributed by atoms with Crippen LogP contribution in [0.25, 0.3) is 0 Å². The van der Waals surface area contributed by atoms with E-state index in [0.29, 0.717) is 17.7 Å². The molecule has 0 amide bonds. The quantitative estimate of drug-likeness (QED) is 0.756. The second-order valence-electron chi connectivity index (χ2n) is 4.19. The molecular formula is C12H14N2O. The first-order chi connectivity index (χ1) is 7.20. The Hall–Kier alpha value is -1.56. The zero-order valence-electron chi connectivity index (χ0n) is 9.03. The van der Waals surface area contributed by atoms with Gasteiger partial charge in [0.05, 0.1) is 12.3 Å². The van der Waals surface area contributed by atoms with Crippen LogP contribution in [-0.2, 0) is 0 Å². The summed E-state index contributed by atoms with van der Waals surface area (Å²) in [6.07, 6.45) is 4.29. The third-order valence-corrected chi connectivity index (χ3v) is 2.45. The molecule has 1 aliphatic rings. The maximum absolute atomic E-state index is 8.90. The van der Waals surface area contributed by atoms with Crippen molar-refractivity contribution in [2.24, 2.45) is 0 Å². The van der Waals surface area contributed by atoms with E-state index < -0.39 is 0 Å². The zero-order chi connectivity index (χ0) is 10.8. The highest BCUT2D eigenvalue weighted by molar-refractivity contribution is 5.38. The predicted octanol–water partition coefficient (Wildman–Crippen LogP) is 2.62. The highest BCUT2D eigenvalue weighted by Gasteiger charge is 2.24. The zero-order valence-corrected chi connectivity index (χ0v) is 9.03. The standard InChI is InChI=1S/C12H14N2O/c1-8(2)11-5-10(15-9-3-4-9)7-14-12(11)6-13/h5,7-9H,3-4H2,1-2H3. The van der Waals surface area contributed by atoms with Gasteiger partial charge in [-0.05, 0) is 30.4 Å². The van der Waals surface area contributed by atoms with Crippen molar-refractivity contribution in [3.05, 3.63) is 23.5 Å². The van der Waals surface area contributed by atoms with Crippen LogP contribution in [-0.4, -0.2) is 11.1 Å². The molecule has 1 fully saturated rings. The molecule has 3 nitrogen and oxygen atoms in total. The molecule has 2 rings (SSSR count). The number of nitrogens with zero attached hydrogens (tertiary/aromatic N) is 2. The number of ether oxygens (including phenoxy) is 1. The van der Waals surface area contributed by atoms with E-state index in [2.05, 4.69) is 24.9 Å². The summed E-state index contributed by atoms with van der Waals surface area (Å²) in [5.41, 5.74) is 1.48. The van der Waals surface area contributed by atoms with E-state index in [0.717, 1.165) is 24.2 Å². The minimum atomic E-state index is 0.301. The van der Waals surface area contributed by atoms with E-state index in [-0.39, 0.29) is 0 Å². The van der Waals surface area contributed by atoms with E-state index in [1.165, 1.54) is 0 Å². The van der Waals surface area contributed by atoms with Crippen LogP contribution >= 0.6 is 0 Å². The van der Waals surface area contributed by atoms with Gasteiger partial charge in [-0.3, -0.25) is 0 Å². The normalized spacial score (nSPS) is 15.1. The van der Waals surface area contributed by atoms with Crippen LogP contribution in [0.5, 0.6) is 5.75 Å². The molecule has 0 radical (unpaired) electrons. The van der Waals surface area contributed by atoms with Crippen LogP contribution in [0.1, 0.15) is 43.9 Å². The number of hydrogen-bond donors (Lipinski definition) is 0. The highest BCUT2D eigenvalue weighted by Crippen LogP contribution is 2.28. The van der Waals surface area contributed by atoms with Gasteiger partial charge in [0, 0.05) is 0 Å². The number of nitriles is 1. The number of aromatic nitrogens is 1. The Morgan fingerprint density at radius 2 is 2.27 bits per heavy atom.